The number of piperazine rings is 1. The fraction of sp³-hybridized carbons (Fsp3) is 0.625. The molecule has 0 spiro atoms. The Morgan fingerprint density at radius 3 is 2.17 bits per heavy atom. The van der Waals surface area contributed by atoms with Gasteiger partial charge in [-0.25, -0.2) is 0 Å². The predicted molar refractivity (Wildman–Crippen MR) is 87.3 cm³/mol. The molecule has 0 amide bonds. The minimum absolute atomic E-state index is 0. The Hall–Kier alpha value is -0.980. The van der Waals surface area contributed by atoms with Gasteiger partial charge >= 0.3 is 6.18 Å². The first-order valence-electron chi connectivity index (χ1n) is 7.59. The zero-order valence-electron chi connectivity index (χ0n) is 13.4. The molecule has 1 aliphatic heterocycles. The maximum atomic E-state index is 12.7. The second-order valence-corrected chi connectivity index (χ2v) is 5.95. The van der Waals surface area contributed by atoms with Gasteiger partial charge in [0.2, 0.25) is 0 Å². The predicted octanol–water partition coefficient (Wildman–Crippen LogP) is 3.72. The van der Waals surface area contributed by atoms with Gasteiger partial charge in [-0.15, -0.1) is 12.4 Å². The van der Waals surface area contributed by atoms with Crippen LogP contribution in [0.5, 0.6) is 5.75 Å². The summed E-state index contributed by atoms with van der Waals surface area (Å²) in [4.78, 5) is 2.12. The van der Waals surface area contributed by atoms with Gasteiger partial charge in [0.05, 0.1) is 0 Å². The number of hydrogen-bond acceptors (Lipinski definition) is 3. The molecule has 0 radical (unpaired) electrons. The lowest BCUT2D eigenvalue weighted by Gasteiger charge is -2.37. The van der Waals surface area contributed by atoms with Crippen LogP contribution in [-0.2, 0) is 0 Å². The molecular weight excluding hydrogens is 329 g/mol. The van der Waals surface area contributed by atoms with Gasteiger partial charge in [0.25, 0.3) is 0 Å². The average Bonchev–Trinajstić information content (AvgIpc) is 2.41. The summed E-state index contributed by atoms with van der Waals surface area (Å²) in [6.07, 6.45) is -4.89. The molecule has 1 heterocycles. The molecule has 23 heavy (non-hydrogen) atoms. The summed E-state index contributed by atoms with van der Waals surface area (Å²) >= 11 is 0. The SMILES string of the molecule is Cc1cc(O)cc(C)c1[C@@H](CCC(F)(F)F)N1CCNCC1.Cl. The molecule has 0 unspecified atom stereocenters. The van der Waals surface area contributed by atoms with Crippen molar-refractivity contribution >= 4 is 12.4 Å². The van der Waals surface area contributed by atoms with Gasteiger partial charge in [0.1, 0.15) is 5.75 Å². The zero-order valence-corrected chi connectivity index (χ0v) is 14.2. The average molecular weight is 353 g/mol. The number of phenols is 1. The standard InChI is InChI=1S/C16H23F3N2O.ClH/c1-11-9-13(22)10-12(2)15(11)14(3-4-16(17,18)19)21-7-5-20-6-8-21;/h9-10,14,20,22H,3-8H2,1-2H3;1H/t14-;/m1./s1. The first-order chi connectivity index (χ1) is 10.3. The highest BCUT2D eigenvalue weighted by molar-refractivity contribution is 5.85. The van der Waals surface area contributed by atoms with Crippen LogP contribution in [0.3, 0.4) is 0 Å². The first kappa shape index (κ1) is 20.1. The summed E-state index contributed by atoms with van der Waals surface area (Å²) in [6, 6.07) is 3.00. The first-order valence-corrected chi connectivity index (χ1v) is 7.59. The van der Waals surface area contributed by atoms with Crippen LogP contribution in [0.1, 0.15) is 35.6 Å². The van der Waals surface area contributed by atoms with Crippen molar-refractivity contribution in [2.45, 2.75) is 38.9 Å². The number of benzene rings is 1. The second kappa shape index (κ2) is 8.22. The molecule has 2 N–H and O–H groups in total. The maximum absolute atomic E-state index is 12.7. The molecule has 3 nitrogen and oxygen atoms in total. The molecular formula is C16H24ClF3N2O. The third-order valence-electron chi connectivity index (χ3n) is 4.21. The number of nitrogens with zero attached hydrogens (tertiary/aromatic N) is 1. The van der Waals surface area contributed by atoms with E-state index in [2.05, 4.69) is 10.2 Å². The van der Waals surface area contributed by atoms with Gasteiger partial charge in [0, 0.05) is 38.6 Å². The Morgan fingerprint density at radius 2 is 1.70 bits per heavy atom. The van der Waals surface area contributed by atoms with Crippen LogP contribution in [-0.4, -0.2) is 42.4 Å². The van der Waals surface area contributed by atoms with E-state index in [1.54, 1.807) is 12.1 Å². The summed E-state index contributed by atoms with van der Waals surface area (Å²) in [5.74, 6) is 0.161. The smallest absolute Gasteiger partial charge is 0.389 e. The maximum Gasteiger partial charge on any atom is 0.389 e. The van der Waals surface area contributed by atoms with Crippen molar-refractivity contribution in [3.8, 4) is 5.75 Å². The second-order valence-electron chi connectivity index (χ2n) is 5.95. The minimum Gasteiger partial charge on any atom is -0.508 e. The van der Waals surface area contributed by atoms with Crippen molar-refractivity contribution in [3.63, 3.8) is 0 Å². The number of phenolic OH excluding ortho intramolecular Hbond substituents is 1. The topological polar surface area (TPSA) is 35.5 Å². The van der Waals surface area contributed by atoms with Crippen molar-refractivity contribution in [2.75, 3.05) is 26.2 Å². The molecule has 1 aromatic carbocycles. The lowest BCUT2D eigenvalue weighted by atomic mass is 9.91. The molecule has 1 aromatic rings. The number of alkyl halides is 3. The summed E-state index contributed by atoms with van der Waals surface area (Å²) in [5.41, 5.74) is 2.62. The molecule has 1 fully saturated rings. The van der Waals surface area contributed by atoms with E-state index >= 15 is 0 Å². The monoisotopic (exact) mass is 352 g/mol. The van der Waals surface area contributed by atoms with Crippen molar-refractivity contribution in [1.29, 1.82) is 0 Å². The molecule has 132 valence electrons. The molecule has 0 saturated carbocycles. The number of hydrogen-bond donors (Lipinski definition) is 2. The van der Waals surface area contributed by atoms with E-state index in [0.29, 0.717) is 0 Å². The number of aryl methyl sites for hydroxylation is 2. The number of halogens is 4. The van der Waals surface area contributed by atoms with E-state index < -0.39 is 12.6 Å². The quantitative estimate of drug-likeness (QED) is 0.867. The zero-order chi connectivity index (χ0) is 16.3. The van der Waals surface area contributed by atoms with Crippen LogP contribution >= 0.6 is 12.4 Å². The highest BCUT2D eigenvalue weighted by Crippen LogP contribution is 2.36. The highest BCUT2D eigenvalue weighted by Gasteiger charge is 2.32. The normalized spacial score (nSPS) is 17.6. The Labute approximate surface area is 141 Å². The van der Waals surface area contributed by atoms with Crippen LogP contribution < -0.4 is 5.32 Å². The van der Waals surface area contributed by atoms with Gasteiger partial charge in [-0.2, -0.15) is 13.2 Å². The summed E-state index contributed by atoms with van der Waals surface area (Å²) in [6.45, 7) is 6.76. The molecule has 1 atom stereocenters. The molecule has 0 aromatic heterocycles. The van der Waals surface area contributed by atoms with E-state index in [-0.39, 0.29) is 30.6 Å². The van der Waals surface area contributed by atoms with Gasteiger partial charge in [-0.05, 0) is 49.1 Å². The summed E-state index contributed by atoms with van der Waals surface area (Å²) in [7, 11) is 0. The molecule has 1 aliphatic rings. The molecule has 0 aliphatic carbocycles. The minimum atomic E-state index is -4.15. The fourth-order valence-electron chi connectivity index (χ4n) is 3.28. The van der Waals surface area contributed by atoms with Crippen molar-refractivity contribution < 1.29 is 18.3 Å². The Balaban J connectivity index is 0.00000264. The largest absolute Gasteiger partial charge is 0.508 e. The number of aromatic hydroxyl groups is 1. The Kier molecular flexibility index (Phi) is 7.17. The van der Waals surface area contributed by atoms with Crippen LogP contribution in [0.4, 0.5) is 13.2 Å². The van der Waals surface area contributed by atoms with Gasteiger partial charge < -0.3 is 10.4 Å². The van der Waals surface area contributed by atoms with E-state index in [1.165, 1.54) is 0 Å². The van der Waals surface area contributed by atoms with Gasteiger partial charge in [0.15, 0.2) is 0 Å². The third kappa shape index (κ3) is 5.55. The van der Waals surface area contributed by atoms with Crippen LogP contribution in [0, 0.1) is 13.8 Å². The number of rotatable bonds is 4. The Morgan fingerprint density at radius 1 is 1.17 bits per heavy atom. The third-order valence-corrected chi connectivity index (χ3v) is 4.21. The highest BCUT2D eigenvalue weighted by atomic mass is 35.5. The summed E-state index contributed by atoms with van der Waals surface area (Å²) in [5, 5.41) is 12.9. The lowest BCUT2D eigenvalue weighted by Crippen LogP contribution is -2.45. The van der Waals surface area contributed by atoms with Crippen molar-refractivity contribution in [1.82, 2.24) is 10.2 Å². The van der Waals surface area contributed by atoms with Gasteiger partial charge in [-0.3, -0.25) is 4.90 Å². The summed E-state index contributed by atoms with van der Waals surface area (Å²) < 4.78 is 38.1. The molecule has 1 saturated heterocycles. The van der Waals surface area contributed by atoms with Crippen LogP contribution in [0.2, 0.25) is 0 Å². The Bertz CT molecular complexity index is 494. The van der Waals surface area contributed by atoms with Crippen LogP contribution in [0.15, 0.2) is 12.1 Å². The molecule has 0 bridgehead atoms. The van der Waals surface area contributed by atoms with Gasteiger partial charge in [-0.1, -0.05) is 0 Å². The van der Waals surface area contributed by atoms with E-state index in [9.17, 15) is 18.3 Å². The van der Waals surface area contributed by atoms with E-state index in [1.807, 2.05) is 13.8 Å². The van der Waals surface area contributed by atoms with E-state index in [0.717, 1.165) is 42.9 Å². The van der Waals surface area contributed by atoms with Crippen molar-refractivity contribution in [2.24, 2.45) is 0 Å². The fourth-order valence-corrected chi connectivity index (χ4v) is 3.28. The lowest BCUT2D eigenvalue weighted by molar-refractivity contribution is -0.138. The van der Waals surface area contributed by atoms with Crippen molar-refractivity contribution in [3.05, 3.63) is 28.8 Å². The molecule has 7 heteroatoms. The molecule has 2 rings (SSSR count). The van der Waals surface area contributed by atoms with E-state index in [4.69, 9.17) is 0 Å². The number of nitrogens with one attached hydrogen (secondary N) is 1. The van der Waals surface area contributed by atoms with Crippen LogP contribution in [0.25, 0.3) is 0 Å².